The van der Waals surface area contributed by atoms with Crippen LogP contribution in [0.2, 0.25) is 0 Å². The molecule has 1 atom stereocenters. The second-order valence-corrected chi connectivity index (χ2v) is 8.70. The Morgan fingerprint density at radius 1 is 0.971 bits per heavy atom. The average molecular weight is 466 g/mol. The first kappa shape index (κ1) is 22.5. The highest BCUT2D eigenvalue weighted by Gasteiger charge is 2.37. The molecule has 5 rings (SSSR count). The number of aromatic nitrogens is 1. The van der Waals surface area contributed by atoms with Crippen LogP contribution in [0.25, 0.3) is 0 Å². The molecular weight excluding hydrogens is 438 g/mol. The minimum Gasteiger partial charge on any atom is -0.497 e. The Balaban J connectivity index is 1.59. The number of aryl methyl sites for hydroxylation is 1. The highest BCUT2D eigenvalue weighted by molar-refractivity contribution is 6.11. The van der Waals surface area contributed by atoms with Gasteiger partial charge in [-0.3, -0.25) is 14.5 Å². The van der Waals surface area contributed by atoms with Crippen molar-refractivity contribution in [3.63, 3.8) is 0 Å². The van der Waals surface area contributed by atoms with E-state index in [1.165, 1.54) is 0 Å². The molecule has 1 N–H and O–H groups in total. The number of nitrogens with zero attached hydrogens (tertiary/aromatic N) is 2. The van der Waals surface area contributed by atoms with E-state index in [0.29, 0.717) is 30.1 Å². The van der Waals surface area contributed by atoms with Gasteiger partial charge in [-0.1, -0.05) is 48.0 Å². The zero-order valence-electron chi connectivity index (χ0n) is 19.8. The fourth-order valence-corrected chi connectivity index (χ4v) is 4.50. The normalized spacial score (nSPS) is 15.0. The van der Waals surface area contributed by atoms with Gasteiger partial charge in [0.15, 0.2) is 6.04 Å². The van der Waals surface area contributed by atoms with E-state index in [1.807, 2.05) is 90.5 Å². The molecule has 6 nitrogen and oxygen atoms in total. The van der Waals surface area contributed by atoms with Gasteiger partial charge in [0, 0.05) is 30.5 Å². The van der Waals surface area contributed by atoms with E-state index in [0.717, 1.165) is 22.4 Å². The second kappa shape index (κ2) is 9.50. The zero-order valence-corrected chi connectivity index (χ0v) is 19.8. The number of hydrogen-bond donors (Lipinski definition) is 1. The van der Waals surface area contributed by atoms with Crippen molar-refractivity contribution in [2.45, 2.75) is 26.1 Å². The number of carbonyl (C=O) groups excluding carboxylic acids is 2. The molecule has 6 heteroatoms. The molecule has 1 unspecified atom stereocenters. The van der Waals surface area contributed by atoms with E-state index in [2.05, 4.69) is 5.32 Å². The molecule has 3 aromatic carbocycles. The molecule has 4 aromatic rings. The first-order valence-electron chi connectivity index (χ1n) is 11.6. The molecule has 0 saturated carbocycles. The topological polar surface area (TPSA) is 63.6 Å². The molecule has 0 spiro atoms. The molecule has 1 aliphatic rings. The average Bonchev–Trinajstić information content (AvgIpc) is 3.33. The fourth-order valence-electron chi connectivity index (χ4n) is 4.50. The summed E-state index contributed by atoms with van der Waals surface area (Å²) < 4.78 is 7.35. The fraction of sp³-hybridized carbons (Fsp3) is 0.172. The maximum Gasteiger partial charge on any atom is 0.259 e. The highest BCUT2D eigenvalue weighted by atomic mass is 16.5. The van der Waals surface area contributed by atoms with E-state index in [-0.39, 0.29) is 11.8 Å². The Labute approximate surface area is 204 Å². The number of benzene rings is 3. The van der Waals surface area contributed by atoms with Crippen molar-refractivity contribution in [3.05, 3.63) is 119 Å². The van der Waals surface area contributed by atoms with Crippen LogP contribution in [-0.4, -0.2) is 23.5 Å². The van der Waals surface area contributed by atoms with Crippen molar-refractivity contribution in [3.8, 4) is 5.75 Å². The van der Waals surface area contributed by atoms with Crippen LogP contribution in [-0.2, 0) is 17.9 Å². The third-order valence-electron chi connectivity index (χ3n) is 6.40. The number of rotatable bonds is 5. The smallest absolute Gasteiger partial charge is 0.259 e. The summed E-state index contributed by atoms with van der Waals surface area (Å²) >= 11 is 0. The van der Waals surface area contributed by atoms with Crippen LogP contribution < -0.4 is 15.0 Å². The molecule has 2 heterocycles. The predicted octanol–water partition coefficient (Wildman–Crippen LogP) is 4.87. The Hall–Kier alpha value is -4.32. The van der Waals surface area contributed by atoms with Crippen LogP contribution in [0.1, 0.15) is 38.8 Å². The number of methoxy groups -OCH3 is 1. The molecular formula is C29H27N3O3. The Morgan fingerprint density at radius 3 is 2.46 bits per heavy atom. The van der Waals surface area contributed by atoms with Crippen molar-refractivity contribution in [2.75, 3.05) is 12.0 Å². The molecule has 35 heavy (non-hydrogen) atoms. The quantitative estimate of drug-likeness (QED) is 0.457. The van der Waals surface area contributed by atoms with Gasteiger partial charge in [0.25, 0.3) is 5.91 Å². The standard InChI is InChI=1S/C29H27N3O3/c1-20-9-11-21(12-10-20)18-30-28(33)27-26-8-5-17-31(26)19-22-6-3-4-7-25(22)29(34)32(27)23-13-15-24(35-2)16-14-23/h3-17,27H,18-19H2,1-2H3,(H,30,33). The summed E-state index contributed by atoms with van der Waals surface area (Å²) in [6, 6.07) is 25.8. The van der Waals surface area contributed by atoms with Gasteiger partial charge < -0.3 is 14.6 Å². The lowest BCUT2D eigenvalue weighted by Crippen LogP contribution is -2.46. The minimum atomic E-state index is -0.843. The molecule has 1 aliphatic heterocycles. The van der Waals surface area contributed by atoms with Gasteiger partial charge in [-0.05, 0) is 60.5 Å². The monoisotopic (exact) mass is 465 g/mol. The van der Waals surface area contributed by atoms with Crippen LogP contribution in [0.4, 0.5) is 5.69 Å². The van der Waals surface area contributed by atoms with Crippen molar-refractivity contribution in [2.24, 2.45) is 0 Å². The predicted molar refractivity (Wildman–Crippen MR) is 136 cm³/mol. The first-order chi connectivity index (χ1) is 17.0. The molecule has 0 bridgehead atoms. The van der Waals surface area contributed by atoms with Gasteiger partial charge in [0.1, 0.15) is 5.75 Å². The van der Waals surface area contributed by atoms with Crippen molar-refractivity contribution in [1.29, 1.82) is 0 Å². The third-order valence-corrected chi connectivity index (χ3v) is 6.40. The van der Waals surface area contributed by atoms with Crippen LogP contribution in [0.3, 0.4) is 0 Å². The molecule has 2 amide bonds. The van der Waals surface area contributed by atoms with Crippen LogP contribution in [0.15, 0.2) is 91.1 Å². The van der Waals surface area contributed by atoms with Crippen molar-refractivity contribution < 1.29 is 14.3 Å². The summed E-state index contributed by atoms with van der Waals surface area (Å²) in [4.78, 5) is 29.4. The number of ether oxygens (including phenoxy) is 1. The molecule has 0 aliphatic carbocycles. The minimum absolute atomic E-state index is 0.214. The highest BCUT2D eigenvalue weighted by Crippen LogP contribution is 2.34. The van der Waals surface area contributed by atoms with Gasteiger partial charge in [-0.2, -0.15) is 0 Å². The zero-order chi connectivity index (χ0) is 24.4. The summed E-state index contributed by atoms with van der Waals surface area (Å²) in [5.41, 5.74) is 5.03. The summed E-state index contributed by atoms with van der Waals surface area (Å²) in [6.07, 6.45) is 1.95. The van der Waals surface area contributed by atoms with Gasteiger partial charge in [-0.25, -0.2) is 0 Å². The maximum atomic E-state index is 14.0. The third kappa shape index (κ3) is 4.43. The summed E-state index contributed by atoms with van der Waals surface area (Å²) in [7, 11) is 1.60. The lowest BCUT2D eigenvalue weighted by Gasteiger charge is -2.34. The van der Waals surface area contributed by atoms with Gasteiger partial charge in [0.05, 0.1) is 12.8 Å². The van der Waals surface area contributed by atoms with E-state index in [4.69, 9.17) is 4.74 Å². The summed E-state index contributed by atoms with van der Waals surface area (Å²) in [5.74, 6) is 0.222. The van der Waals surface area contributed by atoms with E-state index >= 15 is 0 Å². The molecule has 176 valence electrons. The number of amides is 2. The van der Waals surface area contributed by atoms with Gasteiger partial charge in [-0.15, -0.1) is 0 Å². The number of hydrogen-bond acceptors (Lipinski definition) is 3. The Bertz CT molecular complexity index is 1360. The number of fused-ring (bicyclic) bond motifs is 2. The number of anilines is 1. The Morgan fingerprint density at radius 2 is 1.71 bits per heavy atom. The summed E-state index contributed by atoms with van der Waals surface area (Å²) in [5, 5.41) is 3.06. The lowest BCUT2D eigenvalue weighted by atomic mass is 10.00. The SMILES string of the molecule is COc1ccc(N2C(=O)c3ccccc3Cn3cccc3C2C(=O)NCc2ccc(C)cc2)cc1. The van der Waals surface area contributed by atoms with E-state index in [9.17, 15) is 9.59 Å². The van der Waals surface area contributed by atoms with E-state index in [1.54, 1.807) is 24.1 Å². The van der Waals surface area contributed by atoms with Crippen molar-refractivity contribution >= 4 is 17.5 Å². The number of nitrogens with one attached hydrogen (secondary N) is 1. The molecule has 1 aromatic heterocycles. The Kier molecular flexibility index (Phi) is 6.10. The van der Waals surface area contributed by atoms with E-state index < -0.39 is 6.04 Å². The first-order valence-corrected chi connectivity index (χ1v) is 11.6. The number of carbonyl (C=O) groups is 2. The largest absolute Gasteiger partial charge is 0.497 e. The van der Waals surface area contributed by atoms with Crippen LogP contribution in [0.5, 0.6) is 5.75 Å². The van der Waals surface area contributed by atoms with Crippen LogP contribution in [0, 0.1) is 6.92 Å². The van der Waals surface area contributed by atoms with Crippen molar-refractivity contribution in [1.82, 2.24) is 9.88 Å². The molecule has 0 fully saturated rings. The van der Waals surface area contributed by atoms with Gasteiger partial charge in [0.2, 0.25) is 5.91 Å². The summed E-state index contributed by atoms with van der Waals surface area (Å²) in [6.45, 7) is 2.92. The van der Waals surface area contributed by atoms with Gasteiger partial charge >= 0.3 is 0 Å². The molecule has 0 saturated heterocycles. The molecule has 0 radical (unpaired) electrons. The maximum absolute atomic E-state index is 14.0. The second-order valence-electron chi connectivity index (χ2n) is 8.70. The van der Waals surface area contributed by atoms with Crippen LogP contribution >= 0.6 is 0 Å². The lowest BCUT2D eigenvalue weighted by molar-refractivity contribution is -0.122.